The second-order valence-electron chi connectivity index (χ2n) is 10.6. The van der Waals surface area contributed by atoms with E-state index in [0.29, 0.717) is 37.1 Å². The highest BCUT2D eigenvalue weighted by atomic mass is 16.6. The van der Waals surface area contributed by atoms with E-state index in [1.807, 2.05) is 30.3 Å². The number of anilines is 1. The van der Waals surface area contributed by atoms with Crippen LogP contribution in [0.1, 0.15) is 36.8 Å². The molecule has 0 unspecified atom stereocenters. The molecule has 1 aliphatic rings. The van der Waals surface area contributed by atoms with Crippen molar-refractivity contribution in [3.63, 3.8) is 0 Å². The Morgan fingerprint density at radius 1 is 1.11 bits per heavy atom. The molecule has 4 amide bonds. The second kappa shape index (κ2) is 15.4. The van der Waals surface area contributed by atoms with Crippen LogP contribution < -0.4 is 33.0 Å². The summed E-state index contributed by atoms with van der Waals surface area (Å²) in [5.41, 5.74) is 12.5. The fourth-order valence-corrected chi connectivity index (χ4v) is 5.00. The van der Waals surface area contributed by atoms with Gasteiger partial charge in [-0.2, -0.15) is 0 Å². The summed E-state index contributed by atoms with van der Waals surface area (Å²) < 4.78 is 10.6. The SMILES string of the molecule is Cc1cc(=O)oc2cc(NC(=O)[C@H](CCCN=C(N)N)NC(=O)CNC(=O)[C@@H]3CCCN3C(=O)OCc3ccccc3)ccc12. The van der Waals surface area contributed by atoms with E-state index in [1.54, 1.807) is 19.1 Å². The number of carbonyl (C=O) groups is 4. The van der Waals surface area contributed by atoms with E-state index in [9.17, 15) is 24.0 Å². The number of amides is 4. The van der Waals surface area contributed by atoms with Crippen LogP contribution >= 0.6 is 0 Å². The monoisotopic (exact) mass is 619 g/mol. The summed E-state index contributed by atoms with van der Waals surface area (Å²) in [6, 6.07) is 13.7. The lowest BCUT2D eigenvalue weighted by Crippen LogP contribution is -2.51. The summed E-state index contributed by atoms with van der Waals surface area (Å²) in [5, 5.41) is 8.66. The highest BCUT2D eigenvalue weighted by Crippen LogP contribution is 2.21. The van der Waals surface area contributed by atoms with Gasteiger partial charge in [-0.1, -0.05) is 30.3 Å². The van der Waals surface area contributed by atoms with Crippen molar-refractivity contribution >= 4 is 46.4 Å². The maximum absolute atomic E-state index is 13.2. The molecule has 2 heterocycles. The van der Waals surface area contributed by atoms with Crippen molar-refractivity contribution in [2.75, 3.05) is 25.0 Å². The van der Waals surface area contributed by atoms with E-state index in [1.165, 1.54) is 17.0 Å². The maximum atomic E-state index is 13.2. The van der Waals surface area contributed by atoms with Gasteiger partial charge in [-0.05, 0) is 55.9 Å². The number of aliphatic imine (C=N–C) groups is 1. The first-order valence-electron chi connectivity index (χ1n) is 14.6. The van der Waals surface area contributed by atoms with Crippen LogP contribution in [0.5, 0.6) is 0 Å². The molecule has 0 spiro atoms. The molecule has 45 heavy (non-hydrogen) atoms. The average molecular weight is 620 g/mol. The van der Waals surface area contributed by atoms with Crippen molar-refractivity contribution in [3.05, 3.63) is 76.1 Å². The molecular weight excluding hydrogens is 582 g/mol. The van der Waals surface area contributed by atoms with Crippen LogP contribution in [0, 0.1) is 6.92 Å². The fraction of sp³-hybridized carbons (Fsp3) is 0.355. The van der Waals surface area contributed by atoms with Gasteiger partial charge in [-0.3, -0.25) is 24.3 Å². The lowest BCUT2D eigenvalue weighted by molar-refractivity contribution is -0.129. The predicted molar refractivity (Wildman–Crippen MR) is 167 cm³/mol. The molecule has 1 saturated heterocycles. The van der Waals surface area contributed by atoms with Gasteiger partial charge in [0.15, 0.2) is 5.96 Å². The van der Waals surface area contributed by atoms with Gasteiger partial charge in [0, 0.05) is 36.3 Å². The minimum atomic E-state index is -1.00. The summed E-state index contributed by atoms with van der Waals surface area (Å²) in [4.78, 5) is 68.8. The third-order valence-electron chi connectivity index (χ3n) is 7.23. The zero-order valence-corrected chi connectivity index (χ0v) is 24.9. The molecule has 1 fully saturated rings. The van der Waals surface area contributed by atoms with E-state index in [4.69, 9.17) is 20.6 Å². The Balaban J connectivity index is 1.34. The van der Waals surface area contributed by atoms with Crippen LogP contribution in [-0.2, 0) is 25.7 Å². The van der Waals surface area contributed by atoms with E-state index in [-0.39, 0.29) is 25.5 Å². The number of hydrogen-bond acceptors (Lipinski definition) is 8. The molecule has 14 nitrogen and oxygen atoms in total. The van der Waals surface area contributed by atoms with Gasteiger partial charge in [0.1, 0.15) is 24.3 Å². The third kappa shape index (κ3) is 9.29. The number of guanidine groups is 1. The summed E-state index contributed by atoms with van der Waals surface area (Å²) in [7, 11) is 0. The van der Waals surface area contributed by atoms with Gasteiger partial charge in [0.2, 0.25) is 17.7 Å². The first kappa shape index (κ1) is 32.5. The lowest BCUT2D eigenvalue weighted by atomic mass is 10.1. The average Bonchev–Trinajstić information content (AvgIpc) is 3.51. The normalized spacial score (nSPS) is 14.8. The van der Waals surface area contributed by atoms with Crippen molar-refractivity contribution in [1.82, 2.24) is 15.5 Å². The highest BCUT2D eigenvalue weighted by Gasteiger charge is 2.35. The largest absolute Gasteiger partial charge is 0.445 e. The van der Waals surface area contributed by atoms with Gasteiger partial charge in [-0.25, -0.2) is 9.59 Å². The third-order valence-corrected chi connectivity index (χ3v) is 7.23. The molecule has 14 heteroatoms. The number of likely N-dealkylation sites (tertiary alicyclic amines) is 1. The van der Waals surface area contributed by atoms with E-state index in [0.717, 1.165) is 16.5 Å². The quantitative estimate of drug-likeness (QED) is 0.0859. The Morgan fingerprint density at radius 3 is 2.64 bits per heavy atom. The van der Waals surface area contributed by atoms with Crippen LogP contribution in [0.25, 0.3) is 11.0 Å². The Kier molecular flexibility index (Phi) is 11.1. The van der Waals surface area contributed by atoms with Gasteiger partial charge < -0.3 is 36.6 Å². The number of hydrogen-bond donors (Lipinski definition) is 5. The number of aryl methyl sites for hydroxylation is 1. The topological polar surface area (TPSA) is 211 Å². The van der Waals surface area contributed by atoms with Crippen LogP contribution in [-0.4, -0.2) is 66.4 Å². The minimum Gasteiger partial charge on any atom is -0.445 e. The zero-order valence-electron chi connectivity index (χ0n) is 24.9. The number of benzene rings is 2. The number of nitrogens with two attached hydrogens (primary N) is 2. The molecule has 2 atom stereocenters. The molecular formula is C31H37N7O7. The molecule has 0 aliphatic carbocycles. The Bertz CT molecular complexity index is 1620. The lowest BCUT2D eigenvalue weighted by Gasteiger charge is -2.23. The van der Waals surface area contributed by atoms with Gasteiger partial charge in [0.25, 0.3) is 0 Å². The van der Waals surface area contributed by atoms with Crippen molar-refractivity contribution in [2.45, 2.75) is 51.3 Å². The highest BCUT2D eigenvalue weighted by molar-refractivity contribution is 5.99. The van der Waals surface area contributed by atoms with Crippen molar-refractivity contribution in [1.29, 1.82) is 0 Å². The Morgan fingerprint density at radius 2 is 1.89 bits per heavy atom. The van der Waals surface area contributed by atoms with E-state index >= 15 is 0 Å². The molecule has 238 valence electrons. The van der Waals surface area contributed by atoms with Crippen LogP contribution in [0.3, 0.4) is 0 Å². The van der Waals surface area contributed by atoms with Crippen molar-refractivity contribution in [3.8, 4) is 0 Å². The summed E-state index contributed by atoms with van der Waals surface area (Å²) in [5.74, 6) is -1.74. The fourth-order valence-electron chi connectivity index (χ4n) is 5.00. The molecule has 1 aliphatic heterocycles. The summed E-state index contributed by atoms with van der Waals surface area (Å²) in [6.07, 6.45) is 0.987. The number of ether oxygens (including phenoxy) is 1. The van der Waals surface area contributed by atoms with E-state index < -0.39 is 48.1 Å². The van der Waals surface area contributed by atoms with Crippen LogP contribution in [0.15, 0.2) is 68.8 Å². The minimum absolute atomic E-state index is 0.0762. The summed E-state index contributed by atoms with van der Waals surface area (Å²) >= 11 is 0. The molecule has 7 N–H and O–H groups in total. The van der Waals surface area contributed by atoms with Crippen molar-refractivity contribution in [2.24, 2.45) is 16.5 Å². The second-order valence-corrected chi connectivity index (χ2v) is 10.6. The van der Waals surface area contributed by atoms with Crippen molar-refractivity contribution < 1.29 is 28.3 Å². The van der Waals surface area contributed by atoms with Gasteiger partial charge in [-0.15, -0.1) is 0 Å². The predicted octanol–water partition coefficient (Wildman–Crippen LogP) is 1.50. The smallest absolute Gasteiger partial charge is 0.410 e. The standard InChI is InChI=1S/C31H37N7O7/c1-19-15-27(40)45-25-16-21(11-12-22(19)25)36-28(41)23(9-5-13-34-30(32)33)37-26(39)17-35-29(42)24-10-6-14-38(24)31(43)44-18-20-7-3-2-4-8-20/h2-4,7-8,11-12,15-16,23-24H,5-6,9-10,13-14,17-18H2,1H3,(H,35,42)(H,36,41)(H,37,39)(H4,32,33,34)/t23-,24-/m0/s1. The Hall–Kier alpha value is -5.40. The maximum Gasteiger partial charge on any atom is 0.410 e. The molecule has 1 aromatic heterocycles. The number of nitrogens with one attached hydrogen (secondary N) is 3. The van der Waals surface area contributed by atoms with E-state index in [2.05, 4.69) is 20.9 Å². The van der Waals surface area contributed by atoms with Crippen LogP contribution in [0.4, 0.5) is 10.5 Å². The van der Waals surface area contributed by atoms with Crippen LogP contribution in [0.2, 0.25) is 0 Å². The van der Waals surface area contributed by atoms with Gasteiger partial charge >= 0.3 is 11.7 Å². The number of carbonyl (C=O) groups excluding carboxylic acids is 4. The number of fused-ring (bicyclic) bond motifs is 1. The zero-order chi connectivity index (χ0) is 32.3. The molecule has 2 aromatic carbocycles. The number of rotatable bonds is 12. The first-order chi connectivity index (χ1) is 21.6. The molecule has 0 radical (unpaired) electrons. The molecule has 0 saturated carbocycles. The van der Waals surface area contributed by atoms with Gasteiger partial charge in [0.05, 0.1) is 6.54 Å². The number of nitrogens with zero attached hydrogens (tertiary/aromatic N) is 2. The summed E-state index contributed by atoms with van der Waals surface area (Å²) in [6.45, 7) is 2.03. The first-order valence-corrected chi connectivity index (χ1v) is 14.6. The molecule has 0 bridgehead atoms. The molecule has 3 aromatic rings. The Labute approximate surface area is 259 Å². The molecule has 4 rings (SSSR count).